The minimum Gasteiger partial charge on any atom is -0.497 e. The second-order valence-corrected chi connectivity index (χ2v) is 12.7. The molecule has 1 saturated heterocycles. The van der Waals surface area contributed by atoms with E-state index >= 15 is 0 Å². The summed E-state index contributed by atoms with van der Waals surface area (Å²) in [6.07, 6.45) is 0.485. The van der Waals surface area contributed by atoms with Crippen LogP contribution in [0.15, 0.2) is 65.6 Å². The molecule has 1 fully saturated rings. The number of piperazine rings is 1. The third-order valence-corrected chi connectivity index (χ3v) is 9.84. The van der Waals surface area contributed by atoms with E-state index in [-0.39, 0.29) is 18.7 Å². The van der Waals surface area contributed by atoms with Crippen LogP contribution in [0.25, 0.3) is 0 Å². The number of carbonyl (C=O) groups is 2. The number of nitrogens with zero attached hydrogens (tertiary/aromatic N) is 2. The van der Waals surface area contributed by atoms with Crippen molar-refractivity contribution < 1.29 is 28.5 Å². The van der Waals surface area contributed by atoms with Crippen LogP contribution in [0, 0.1) is 0 Å². The quantitative estimate of drug-likeness (QED) is 0.322. The first-order chi connectivity index (χ1) is 21.4. The molecule has 232 valence electrons. The molecule has 3 aliphatic heterocycles. The van der Waals surface area contributed by atoms with Crippen molar-refractivity contribution in [3.63, 3.8) is 0 Å². The maximum absolute atomic E-state index is 14.4. The maximum Gasteiger partial charge on any atom is 0.303 e. The molecule has 44 heavy (non-hydrogen) atoms. The van der Waals surface area contributed by atoms with Crippen LogP contribution < -0.4 is 24.4 Å². The Labute approximate surface area is 266 Å². The van der Waals surface area contributed by atoms with E-state index in [1.165, 1.54) is 18.7 Å². The average molecular weight is 638 g/mol. The van der Waals surface area contributed by atoms with Gasteiger partial charge in [0.2, 0.25) is 6.79 Å². The monoisotopic (exact) mass is 637 g/mol. The van der Waals surface area contributed by atoms with E-state index in [1.54, 1.807) is 18.1 Å². The summed E-state index contributed by atoms with van der Waals surface area (Å²) >= 11 is 7.96. The first-order valence-electron chi connectivity index (χ1n) is 14.8. The van der Waals surface area contributed by atoms with Crippen molar-refractivity contribution in [2.75, 3.05) is 51.5 Å². The Hall–Kier alpha value is -3.44. The summed E-state index contributed by atoms with van der Waals surface area (Å²) in [7, 11) is 1.61. The molecule has 6 rings (SSSR count). The maximum atomic E-state index is 14.4. The van der Waals surface area contributed by atoms with Gasteiger partial charge in [0.25, 0.3) is 5.91 Å². The number of thioether (sulfide) groups is 1. The van der Waals surface area contributed by atoms with Gasteiger partial charge in [0.05, 0.1) is 18.0 Å². The summed E-state index contributed by atoms with van der Waals surface area (Å²) in [5.41, 5.74) is 2.77. The van der Waals surface area contributed by atoms with E-state index in [9.17, 15) is 9.59 Å². The number of hydrogen-bond donors (Lipinski definition) is 1. The summed E-state index contributed by atoms with van der Waals surface area (Å²) in [6.45, 7) is 5.68. The number of rotatable bonds is 9. The van der Waals surface area contributed by atoms with Gasteiger partial charge in [-0.05, 0) is 66.4 Å². The number of carbonyl (C=O) groups excluding carboxylic acids is 2. The van der Waals surface area contributed by atoms with E-state index in [0.717, 1.165) is 65.8 Å². The van der Waals surface area contributed by atoms with Gasteiger partial charge in [0, 0.05) is 55.6 Å². The zero-order chi connectivity index (χ0) is 30.6. The summed E-state index contributed by atoms with van der Waals surface area (Å²) < 4.78 is 22.3. The SMILES string of the molecule is COc1ccc(C2Sc3cc(Cl)ccc3N(CCC(Cc3ccc4c(c3)OCO4)N3CCNCC3)C(=O)C2OC(C)=O)cc1. The van der Waals surface area contributed by atoms with Crippen LogP contribution in [0.4, 0.5) is 5.69 Å². The lowest BCUT2D eigenvalue weighted by molar-refractivity contribution is -0.152. The average Bonchev–Trinajstić information content (AvgIpc) is 3.47. The van der Waals surface area contributed by atoms with Gasteiger partial charge in [-0.25, -0.2) is 0 Å². The van der Waals surface area contributed by atoms with Gasteiger partial charge in [-0.3, -0.25) is 14.5 Å². The lowest BCUT2D eigenvalue weighted by atomic mass is 9.99. The van der Waals surface area contributed by atoms with E-state index in [2.05, 4.69) is 22.3 Å². The molecule has 0 spiro atoms. The van der Waals surface area contributed by atoms with Crippen molar-refractivity contribution in [2.24, 2.45) is 0 Å². The van der Waals surface area contributed by atoms with Gasteiger partial charge in [0.1, 0.15) is 5.75 Å². The zero-order valence-corrected chi connectivity index (χ0v) is 26.4. The standard InChI is InChI=1S/C33H36ClN3O6S/c1-21(38)43-31-32(23-4-7-26(40-2)8-5-23)44-30-19-24(34)6-9-27(30)37(33(31)39)14-11-25(36-15-12-35-13-16-36)17-22-3-10-28-29(18-22)42-20-41-28/h3-10,18-19,25,31-32,35H,11-17,20H2,1-2H3. The molecule has 0 aliphatic carbocycles. The highest BCUT2D eigenvalue weighted by molar-refractivity contribution is 7.99. The summed E-state index contributed by atoms with van der Waals surface area (Å²) in [6, 6.07) is 19.4. The van der Waals surface area contributed by atoms with Gasteiger partial charge in [-0.1, -0.05) is 29.8 Å². The number of hydrogen-bond acceptors (Lipinski definition) is 9. The normalized spacial score (nSPS) is 20.5. The molecule has 3 unspecified atom stereocenters. The summed E-state index contributed by atoms with van der Waals surface area (Å²) in [4.78, 5) is 31.9. The van der Waals surface area contributed by atoms with Crippen molar-refractivity contribution in [2.45, 2.75) is 42.1 Å². The third-order valence-electron chi connectivity index (χ3n) is 8.25. The highest BCUT2D eigenvalue weighted by atomic mass is 35.5. The van der Waals surface area contributed by atoms with Gasteiger partial charge in [-0.2, -0.15) is 0 Å². The van der Waals surface area contributed by atoms with E-state index in [1.807, 2.05) is 42.5 Å². The Balaban J connectivity index is 1.31. The molecular weight excluding hydrogens is 602 g/mol. The second-order valence-electron chi connectivity index (χ2n) is 11.1. The third kappa shape index (κ3) is 6.78. The number of fused-ring (bicyclic) bond motifs is 2. The van der Waals surface area contributed by atoms with Gasteiger partial charge in [-0.15, -0.1) is 11.8 Å². The van der Waals surface area contributed by atoms with Gasteiger partial charge in [0.15, 0.2) is 17.6 Å². The predicted molar refractivity (Wildman–Crippen MR) is 170 cm³/mol. The lowest BCUT2D eigenvalue weighted by Crippen LogP contribution is -2.51. The number of methoxy groups -OCH3 is 1. The van der Waals surface area contributed by atoms with Crippen LogP contribution in [0.1, 0.15) is 29.7 Å². The summed E-state index contributed by atoms with van der Waals surface area (Å²) in [5, 5.41) is 3.54. The molecule has 1 N–H and O–H groups in total. The van der Waals surface area contributed by atoms with Crippen LogP contribution >= 0.6 is 23.4 Å². The van der Waals surface area contributed by atoms with Crippen LogP contribution in [-0.4, -0.2) is 75.5 Å². The fourth-order valence-electron chi connectivity index (χ4n) is 6.04. The molecule has 1 amide bonds. The van der Waals surface area contributed by atoms with E-state index < -0.39 is 17.3 Å². The Morgan fingerprint density at radius 3 is 2.59 bits per heavy atom. The highest BCUT2D eigenvalue weighted by Crippen LogP contribution is 2.48. The minimum atomic E-state index is -1.02. The zero-order valence-electron chi connectivity index (χ0n) is 24.8. The van der Waals surface area contributed by atoms with Crippen LogP contribution in [0.2, 0.25) is 5.02 Å². The van der Waals surface area contributed by atoms with Crippen molar-refractivity contribution in [1.29, 1.82) is 0 Å². The number of nitrogens with one attached hydrogen (secondary N) is 1. The van der Waals surface area contributed by atoms with Crippen LogP contribution in [0.3, 0.4) is 0 Å². The number of amides is 1. The number of esters is 1. The Kier molecular flexibility index (Phi) is 9.51. The first-order valence-corrected chi connectivity index (χ1v) is 16.1. The largest absolute Gasteiger partial charge is 0.497 e. The molecule has 11 heteroatoms. The molecule has 3 aliphatic rings. The lowest BCUT2D eigenvalue weighted by Gasteiger charge is -2.36. The molecule has 3 atom stereocenters. The molecule has 3 aromatic rings. The van der Waals surface area contributed by atoms with Crippen molar-refractivity contribution in [3.05, 3.63) is 76.8 Å². The van der Waals surface area contributed by atoms with Crippen LogP contribution in [-0.2, 0) is 20.7 Å². The molecule has 0 bridgehead atoms. The number of anilines is 1. The Bertz CT molecular complexity index is 1500. The molecule has 0 saturated carbocycles. The Morgan fingerprint density at radius 2 is 1.84 bits per heavy atom. The predicted octanol–water partition coefficient (Wildman–Crippen LogP) is 5.10. The fourth-order valence-corrected chi connectivity index (χ4v) is 7.64. The van der Waals surface area contributed by atoms with Gasteiger partial charge < -0.3 is 29.2 Å². The molecular formula is C33H36ClN3O6S. The highest BCUT2D eigenvalue weighted by Gasteiger charge is 2.41. The van der Waals surface area contributed by atoms with Gasteiger partial charge >= 0.3 is 5.97 Å². The first kappa shape index (κ1) is 30.6. The van der Waals surface area contributed by atoms with Crippen molar-refractivity contribution >= 4 is 40.9 Å². The minimum absolute atomic E-state index is 0.168. The smallest absolute Gasteiger partial charge is 0.303 e. The second kappa shape index (κ2) is 13.7. The van der Waals surface area contributed by atoms with Crippen molar-refractivity contribution in [3.8, 4) is 17.2 Å². The molecule has 3 heterocycles. The molecule has 9 nitrogen and oxygen atoms in total. The topological polar surface area (TPSA) is 89.6 Å². The number of halogens is 1. The fraction of sp³-hybridized carbons (Fsp3) is 0.394. The van der Waals surface area contributed by atoms with Crippen molar-refractivity contribution in [1.82, 2.24) is 10.2 Å². The summed E-state index contributed by atoms with van der Waals surface area (Å²) in [5.74, 6) is 1.47. The number of benzene rings is 3. The molecule has 3 aromatic carbocycles. The number of ether oxygens (including phenoxy) is 4. The Morgan fingerprint density at radius 1 is 1.07 bits per heavy atom. The molecule has 0 aromatic heterocycles. The van der Waals surface area contributed by atoms with E-state index in [4.69, 9.17) is 30.5 Å². The molecule has 0 radical (unpaired) electrons. The van der Waals surface area contributed by atoms with E-state index in [0.29, 0.717) is 23.7 Å². The van der Waals surface area contributed by atoms with Crippen LogP contribution in [0.5, 0.6) is 17.2 Å².